The zero-order valence-corrected chi connectivity index (χ0v) is 14.8. The van der Waals surface area contributed by atoms with Gasteiger partial charge in [0.2, 0.25) is 0 Å². The lowest BCUT2D eigenvalue weighted by Crippen LogP contribution is -2.54. The highest BCUT2D eigenvalue weighted by molar-refractivity contribution is 5.19. The van der Waals surface area contributed by atoms with Crippen LogP contribution in [0.4, 0.5) is 4.39 Å². The van der Waals surface area contributed by atoms with E-state index in [-0.39, 0.29) is 5.82 Å². The van der Waals surface area contributed by atoms with Crippen molar-refractivity contribution < 1.29 is 9.50 Å². The van der Waals surface area contributed by atoms with Crippen molar-refractivity contribution in [1.82, 2.24) is 19.6 Å². The molecular weight excluding hydrogens is 319 g/mol. The van der Waals surface area contributed by atoms with Crippen LogP contribution in [0.1, 0.15) is 25.0 Å². The van der Waals surface area contributed by atoms with E-state index < -0.39 is 6.10 Å². The van der Waals surface area contributed by atoms with Gasteiger partial charge in [0.1, 0.15) is 5.82 Å². The zero-order chi connectivity index (χ0) is 17.6. The topological polar surface area (TPSA) is 44.5 Å². The minimum absolute atomic E-state index is 0.299. The predicted molar refractivity (Wildman–Crippen MR) is 95.7 cm³/mol. The van der Waals surface area contributed by atoms with E-state index in [4.69, 9.17) is 0 Å². The van der Waals surface area contributed by atoms with Gasteiger partial charge in [-0.1, -0.05) is 19.1 Å². The van der Waals surface area contributed by atoms with Gasteiger partial charge < -0.3 is 5.11 Å². The molecule has 1 aliphatic rings. The van der Waals surface area contributed by atoms with Gasteiger partial charge in [-0.25, -0.2) is 4.39 Å². The SMILES string of the molecule is CC[C@@H]1CN(CCn2cccn2)CCN1C[C@@H](O)c1cccc(F)c1. The molecule has 1 fully saturated rings. The number of β-amino-alcohol motifs (C(OH)–C–C–N with tert-alkyl or cyclic N) is 1. The van der Waals surface area contributed by atoms with E-state index in [0.717, 1.165) is 39.1 Å². The van der Waals surface area contributed by atoms with E-state index in [9.17, 15) is 9.50 Å². The molecule has 0 saturated carbocycles. The molecule has 0 radical (unpaired) electrons. The molecule has 0 bridgehead atoms. The Kier molecular flexibility index (Phi) is 6.18. The average molecular weight is 346 g/mol. The number of halogens is 1. The predicted octanol–water partition coefficient (Wildman–Crippen LogP) is 2.15. The molecule has 1 aliphatic heterocycles. The number of hydrogen-bond donors (Lipinski definition) is 1. The lowest BCUT2D eigenvalue weighted by molar-refractivity contribution is 0.0294. The summed E-state index contributed by atoms with van der Waals surface area (Å²) in [6.45, 7) is 7.51. The van der Waals surface area contributed by atoms with Crippen molar-refractivity contribution in [3.05, 3.63) is 54.1 Å². The average Bonchev–Trinajstić information content (AvgIpc) is 3.14. The molecule has 0 aliphatic carbocycles. The molecule has 1 aromatic heterocycles. The van der Waals surface area contributed by atoms with Gasteiger partial charge >= 0.3 is 0 Å². The highest BCUT2D eigenvalue weighted by atomic mass is 19.1. The quantitative estimate of drug-likeness (QED) is 0.834. The molecule has 1 N–H and O–H groups in total. The van der Waals surface area contributed by atoms with Crippen molar-refractivity contribution in [3.8, 4) is 0 Å². The van der Waals surface area contributed by atoms with Crippen molar-refractivity contribution in [1.29, 1.82) is 0 Å². The molecule has 0 amide bonds. The van der Waals surface area contributed by atoms with E-state index in [1.165, 1.54) is 12.1 Å². The lowest BCUT2D eigenvalue weighted by Gasteiger charge is -2.42. The number of benzene rings is 1. The second-order valence-electron chi connectivity index (χ2n) is 6.70. The van der Waals surface area contributed by atoms with Gasteiger partial charge in [0.05, 0.1) is 12.6 Å². The maximum atomic E-state index is 13.4. The minimum atomic E-state index is -0.652. The maximum absolute atomic E-state index is 13.4. The van der Waals surface area contributed by atoms with Gasteiger partial charge in [-0.3, -0.25) is 14.5 Å². The standard InChI is InChI=1S/C19H27FN4O/c1-2-18-14-22(10-12-24-8-4-7-21-24)9-11-23(18)15-19(25)16-5-3-6-17(20)13-16/h3-8,13,18-19,25H,2,9-12,14-15H2,1H3/t18-,19-/m1/s1. The van der Waals surface area contributed by atoms with E-state index in [1.807, 2.05) is 16.9 Å². The summed E-state index contributed by atoms with van der Waals surface area (Å²) in [6, 6.07) is 8.62. The molecule has 0 unspecified atom stereocenters. The molecule has 1 aromatic carbocycles. The first-order valence-corrected chi connectivity index (χ1v) is 9.03. The Labute approximate surface area is 148 Å². The summed E-state index contributed by atoms with van der Waals surface area (Å²) in [5.41, 5.74) is 0.649. The van der Waals surface area contributed by atoms with Crippen molar-refractivity contribution in [2.75, 3.05) is 32.7 Å². The van der Waals surface area contributed by atoms with Crippen LogP contribution in [0, 0.1) is 5.82 Å². The third kappa shape index (κ3) is 4.87. The summed E-state index contributed by atoms with van der Waals surface area (Å²) in [5, 5.41) is 14.7. The van der Waals surface area contributed by atoms with Crippen LogP contribution in [-0.4, -0.2) is 63.5 Å². The van der Waals surface area contributed by atoms with Gasteiger partial charge in [-0.15, -0.1) is 0 Å². The molecule has 1 saturated heterocycles. The smallest absolute Gasteiger partial charge is 0.123 e. The summed E-state index contributed by atoms with van der Waals surface area (Å²) in [7, 11) is 0. The van der Waals surface area contributed by atoms with Gasteiger partial charge in [-0.2, -0.15) is 5.10 Å². The van der Waals surface area contributed by atoms with Gasteiger partial charge in [0, 0.05) is 51.2 Å². The fourth-order valence-corrected chi connectivity index (χ4v) is 3.51. The Morgan fingerprint density at radius 3 is 2.88 bits per heavy atom. The number of hydrogen-bond acceptors (Lipinski definition) is 4. The zero-order valence-electron chi connectivity index (χ0n) is 14.8. The first-order valence-electron chi connectivity index (χ1n) is 9.03. The highest BCUT2D eigenvalue weighted by Crippen LogP contribution is 2.20. The minimum Gasteiger partial charge on any atom is -0.387 e. The summed E-state index contributed by atoms with van der Waals surface area (Å²) in [4.78, 5) is 4.79. The Morgan fingerprint density at radius 1 is 1.28 bits per heavy atom. The number of rotatable bonds is 7. The van der Waals surface area contributed by atoms with Crippen molar-refractivity contribution in [3.63, 3.8) is 0 Å². The Bertz CT molecular complexity index is 649. The van der Waals surface area contributed by atoms with Crippen LogP contribution in [0.5, 0.6) is 0 Å². The van der Waals surface area contributed by atoms with Crippen molar-refractivity contribution in [2.24, 2.45) is 0 Å². The van der Waals surface area contributed by atoms with E-state index in [2.05, 4.69) is 21.8 Å². The number of piperazine rings is 1. The second-order valence-corrected chi connectivity index (χ2v) is 6.70. The van der Waals surface area contributed by atoms with Crippen LogP contribution in [0.15, 0.2) is 42.7 Å². The Balaban J connectivity index is 1.53. The Hall–Kier alpha value is -1.76. The number of aliphatic hydroxyl groups is 1. The summed E-state index contributed by atoms with van der Waals surface area (Å²) < 4.78 is 15.3. The Morgan fingerprint density at radius 2 is 2.16 bits per heavy atom. The number of aromatic nitrogens is 2. The van der Waals surface area contributed by atoms with E-state index >= 15 is 0 Å². The number of aliphatic hydroxyl groups excluding tert-OH is 1. The lowest BCUT2D eigenvalue weighted by atomic mass is 10.0. The molecule has 2 atom stereocenters. The first kappa shape index (κ1) is 18.0. The summed E-state index contributed by atoms with van der Waals surface area (Å²) >= 11 is 0. The largest absolute Gasteiger partial charge is 0.387 e. The van der Waals surface area contributed by atoms with E-state index in [0.29, 0.717) is 18.2 Å². The molecular formula is C19H27FN4O. The molecule has 25 heavy (non-hydrogen) atoms. The fraction of sp³-hybridized carbons (Fsp3) is 0.526. The normalized spacial score (nSPS) is 20.7. The van der Waals surface area contributed by atoms with E-state index in [1.54, 1.807) is 18.3 Å². The molecule has 3 rings (SSSR count). The van der Waals surface area contributed by atoms with Gasteiger partial charge in [-0.05, 0) is 30.2 Å². The van der Waals surface area contributed by atoms with Crippen LogP contribution in [0.25, 0.3) is 0 Å². The van der Waals surface area contributed by atoms with Gasteiger partial charge in [0.15, 0.2) is 0 Å². The van der Waals surface area contributed by atoms with Crippen LogP contribution >= 0.6 is 0 Å². The van der Waals surface area contributed by atoms with Crippen LogP contribution < -0.4 is 0 Å². The molecule has 2 heterocycles. The van der Waals surface area contributed by atoms with Crippen LogP contribution in [-0.2, 0) is 6.54 Å². The third-order valence-electron chi connectivity index (χ3n) is 5.01. The molecule has 6 heteroatoms. The summed E-state index contributed by atoms with van der Waals surface area (Å²) in [6.07, 6.45) is 4.18. The monoisotopic (exact) mass is 346 g/mol. The number of nitrogens with zero attached hydrogens (tertiary/aromatic N) is 4. The third-order valence-corrected chi connectivity index (χ3v) is 5.01. The molecule has 5 nitrogen and oxygen atoms in total. The molecule has 0 spiro atoms. The molecule has 2 aromatic rings. The fourth-order valence-electron chi connectivity index (χ4n) is 3.51. The second kappa shape index (κ2) is 8.56. The molecule has 136 valence electrons. The van der Waals surface area contributed by atoms with Crippen molar-refractivity contribution >= 4 is 0 Å². The highest BCUT2D eigenvalue weighted by Gasteiger charge is 2.27. The van der Waals surface area contributed by atoms with Gasteiger partial charge in [0.25, 0.3) is 0 Å². The van der Waals surface area contributed by atoms with Crippen molar-refractivity contribution in [2.45, 2.75) is 32.0 Å². The van der Waals surface area contributed by atoms with Crippen LogP contribution in [0.2, 0.25) is 0 Å². The summed E-state index contributed by atoms with van der Waals surface area (Å²) in [5.74, 6) is -0.299. The first-order chi connectivity index (χ1) is 12.2. The maximum Gasteiger partial charge on any atom is 0.123 e. The van der Waals surface area contributed by atoms with Crippen LogP contribution in [0.3, 0.4) is 0 Å².